The Morgan fingerprint density at radius 1 is 1.03 bits per heavy atom. The predicted molar refractivity (Wildman–Crippen MR) is 113 cm³/mol. The zero-order chi connectivity index (χ0) is 19.6. The Morgan fingerprint density at radius 3 is 2.76 bits per heavy atom. The summed E-state index contributed by atoms with van der Waals surface area (Å²) in [5, 5.41) is 2.81. The van der Waals surface area contributed by atoms with Crippen LogP contribution in [0.3, 0.4) is 0 Å². The van der Waals surface area contributed by atoms with E-state index in [1.165, 1.54) is 11.3 Å². The molecule has 29 heavy (non-hydrogen) atoms. The number of anilines is 2. The second-order valence-electron chi connectivity index (χ2n) is 7.20. The average molecular weight is 411 g/mol. The fraction of sp³-hybridized carbons (Fsp3) is 0.400. The van der Waals surface area contributed by atoms with Crippen molar-refractivity contribution in [2.45, 2.75) is 6.42 Å². The molecule has 8 nitrogen and oxygen atoms in total. The standard InChI is InChI=1S/C20H22N6O2S/c27-20(18-11-29-13-23-18)26-5-1-4-25(14-26)19-16-3-2-15(10-17(16)21-12-22-19)24-6-8-28-9-7-24/h2-3,10-13H,1,4-9,14H2. The van der Waals surface area contributed by atoms with Crippen molar-refractivity contribution in [1.29, 1.82) is 0 Å². The first-order chi connectivity index (χ1) is 14.3. The molecule has 4 heterocycles. The van der Waals surface area contributed by atoms with Crippen molar-refractivity contribution >= 4 is 39.7 Å². The Balaban J connectivity index is 1.41. The van der Waals surface area contributed by atoms with Gasteiger partial charge in [0.25, 0.3) is 5.91 Å². The lowest BCUT2D eigenvalue weighted by atomic mass is 10.1. The number of ether oxygens (including phenoxy) is 1. The summed E-state index contributed by atoms with van der Waals surface area (Å²) in [6.45, 7) is 5.39. The van der Waals surface area contributed by atoms with Crippen molar-refractivity contribution in [3.05, 3.63) is 41.1 Å². The van der Waals surface area contributed by atoms with Crippen LogP contribution >= 0.6 is 11.3 Å². The van der Waals surface area contributed by atoms with Crippen LogP contribution in [0.5, 0.6) is 0 Å². The van der Waals surface area contributed by atoms with E-state index in [4.69, 9.17) is 4.74 Å². The van der Waals surface area contributed by atoms with E-state index in [1.807, 2.05) is 4.90 Å². The smallest absolute Gasteiger partial charge is 0.274 e. The highest BCUT2D eigenvalue weighted by atomic mass is 32.1. The highest BCUT2D eigenvalue weighted by Gasteiger charge is 2.26. The normalized spacial score (nSPS) is 17.7. The molecule has 2 aliphatic heterocycles. The minimum Gasteiger partial charge on any atom is -0.378 e. The number of rotatable bonds is 3. The summed E-state index contributed by atoms with van der Waals surface area (Å²) in [6, 6.07) is 6.34. The molecule has 2 saturated heterocycles. The number of morpholine rings is 1. The number of hydrogen-bond acceptors (Lipinski definition) is 8. The molecule has 2 aliphatic rings. The molecule has 5 rings (SSSR count). The van der Waals surface area contributed by atoms with E-state index in [9.17, 15) is 4.79 Å². The van der Waals surface area contributed by atoms with E-state index in [0.717, 1.165) is 68.2 Å². The van der Waals surface area contributed by atoms with Crippen LogP contribution in [-0.2, 0) is 4.74 Å². The van der Waals surface area contributed by atoms with Gasteiger partial charge < -0.3 is 19.4 Å². The third-order valence-corrected chi connectivity index (χ3v) is 6.00. The molecule has 0 saturated carbocycles. The van der Waals surface area contributed by atoms with Crippen LogP contribution < -0.4 is 9.80 Å². The molecule has 0 aliphatic carbocycles. The summed E-state index contributed by atoms with van der Waals surface area (Å²) < 4.78 is 5.45. The lowest BCUT2D eigenvalue weighted by molar-refractivity contribution is 0.0728. The maximum atomic E-state index is 12.7. The van der Waals surface area contributed by atoms with Crippen LogP contribution in [-0.4, -0.2) is 71.8 Å². The molecule has 2 aromatic heterocycles. The molecule has 9 heteroatoms. The molecule has 3 aromatic rings. The van der Waals surface area contributed by atoms with Crippen molar-refractivity contribution in [3.8, 4) is 0 Å². The van der Waals surface area contributed by atoms with Gasteiger partial charge in [0.1, 0.15) is 17.8 Å². The highest BCUT2D eigenvalue weighted by Crippen LogP contribution is 2.29. The molecule has 0 atom stereocenters. The minimum absolute atomic E-state index is 0.0242. The Bertz CT molecular complexity index is 1010. The third kappa shape index (κ3) is 3.63. The van der Waals surface area contributed by atoms with E-state index in [0.29, 0.717) is 12.4 Å². The Hall–Kier alpha value is -2.78. The van der Waals surface area contributed by atoms with E-state index in [1.54, 1.807) is 17.2 Å². The monoisotopic (exact) mass is 410 g/mol. The van der Waals surface area contributed by atoms with Crippen LogP contribution in [0.4, 0.5) is 11.5 Å². The Morgan fingerprint density at radius 2 is 1.93 bits per heavy atom. The van der Waals surface area contributed by atoms with Gasteiger partial charge in [-0.3, -0.25) is 4.79 Å². The molecular weight excluding hydrogens is 388 g/mol. The zero-order valence-electron chi connectivity index (χ0n) is 16.0. The number of fused-ring (bicyclic) bond motifs is 1. The number of hydrogen-bond donors (Lipinski definition) is 0. The van der Waals surface area contributed by atoms with Gasteiger partial charge in [0.15, 0.2) is 0 Å². The van der Waals surface area contributed by atoms with E-state index in [-0.39, 0.29) is 5.91 Å². The van der Waals surface area contributed by atoms with E-state index < -0.39 is 0 Å². The molecule has 1 amide bonds. The van der Waals surface area contributed by atoms with Crippen molar-refractivity contribution in [2.75, 3.05) is 55.9 Å². The molecule has 0 unspecified atom stereocenters. The predicted octanol–water partition coefficient (Wildman–Crippen LogP) is 2.23. The first kappa shape index (κ1) is 18.3. The van der Waals surface area contributed by atoms with Gasteiger partial charge >= 0.3 is 0 Å². The third-order valence-electron chi connectivity index (χ3n) is 5.41. The largest absolute Gasteiger partial charge is 0.378 e. The van der Waals surface area contributed by atoms with Crippen LogP contribution in [0.15, 0.2) is 35.4 Å². The van der Waals surface area contributed by atoms with Crippen LogP contribution in [0.1, 0.15) is 16.9 Å². The van der Waals surface area contributed by atoms with Crippen molar-refractivity contribution in [2.24, 2.45) is 0 Å². The van der Waals surface area contributed by atoms with Crippen molar-refractivity contribution in [3.63, 3.8) is 0 Å². The number of thiazole rings is 1. The summed E-state index contributed by atoms with van der Waals surface area (Å²) in [6.07, 6.45) is 2.51. The molecule has 2 fully saturated rings. The van der Waals surface area contributed by atoms with Gasteiger partial charge in [0.2, 0.25) is 0 Å². The molecule has 0 N–H and O–H groups in total. The number of carbonyl (C=O) groups excluding carboxylic acids is 1. The van der Waals surface area contributed by atoms with Gasteiger partial charge in [-0.1, -0.05) is 0 Å². The lowest BCUT2D eigenvalue weighted by Gasteiger charge is -2.36. The number of amides is 1. The molecule has 150 valence electrons. The van der Waals surface area contributed by atoms with Crippen LogP contribution in [0.2, 0.25) is 0 Å². The summed E-state index contributed by atoms with van der Waals surface area (Å²) in [7, 11) is 0. The summed E-state index contributed by atoms with van der Waals surface area (Å²) in [4.78, 5) is 32.3. The Kier molecular flexibility index (Phi) is 4.99. The van der Waals surface area contributed by atoms with Gasteiger partial charge in [-0.15, -0.1) is 11.3 Å². The number of aromatic nitrogens is 3. The van der Waals surface area contributed by atoms with Crippen molar-refractivity contribution < 1.29 is 9.53 Å². The maximum Gasteiger partial charge on any atom is 0.274 e. The van der Waals surface area contributed by atoms with Gasteiger partial charge in [-0.25, -0.2) is 15.0 Å². The van der Waals surface area contributed by atoms with Gasteiger partial charge in [-0.05, 0) is 24.6 Å². The van der Waals surface area contributed by atoms with Crippen molar-refractivity contribution in [1.82, 2.24) is 19.9 Å². The molecule has 0 radical (unpaired) electrons. The molecule has 0 bridgehead atoms. The van der Waals surface area contributed by atoms with Crippen LogP contribution in [0.25, 0.3) is 10.9 Å². The summed E-state index contributed by atoms with van der Waals surface area (Å²) in [5.74, 6) is 0.850. The SMILES string of the molecule is O=C(c1cscn1)N1CCCN(c2ncnc3cc(N4CCOCC4)ccc23)C1. The fourth-order valence-corrected chi connectivity index (χ4v) is 4.45. The van der Waals surface area contributed by atoms with E-state index in [2.05, 4.69) is 43.0 Å². The quantitative estimate of drug-likeness (QED) is 0.655. The first-order valence-corrected chi connectivity index (χ1v) is 10.7. The second kappa shape index (κ2) is 7.92. The topological polar surface area (TPSA) is 74.7 Å². The molecule has 0 spiro atoms. The van der Waals surface area contributed by atoms with Gasteiger partial charge in [0.05, 0.1) is 30.9 Å². The minimum atomic E-state index is -0.0242. The average Bonchev–Trinajstić information content (AvgIpc) is 3.33. The zero-order valence-corrected chi connectivity index (χ0v) is 16.8. The fourth-order valence-electron chi connectivity index (χ4n) is 3.92. The highest BCUT2D eigenvalue weighted by molar-refractivity contribution is 7.07. The number of carbonyl (C=O) groups is 1. The number of nitrogens with zero attached hydrogens (tertiary/aromatic N) is 6. The molecular formula is C20H22N6O2S. The van der Waals surface area contributed by atoms with Gasteiger partial charge in [-0.2, -0.15) is 0 Å². The lowest BCUT2D eigenvalue weighted by Crippen LogP contribution is -2.48. The maximum absolute atomic E-state index is 12.7. The first-order valence-electron chi connectivity index (χ1n) is 9.79. The Labute approximate surface area is 172 Å². The van der Waals surface area contributed by atoms with Gasteiger partial charge in [0, 0.05) is 42.6 Å². The molecule has 1 aromatic carbocycles. The van der Waals surface area contributed by atoms with Crippen LogP contribution in [0, 0.1) is 0 Å². The summed E-state index contributed by atoms with van der Waals surface area (Å²) in [5.41, 5.74) is 4.28. The van der Waals surface area contributed by atoms with E-state index >= 15 is 0 Å². The number of benzene rings is 1. The summed E-state index contributed by atoms with van der Waals surface area (Å²) >= 11 is 1.44. The second-order valence-corrected chi connectivity index (χ2v) is 7.92.